The number of hydrogen-bond donors (Lipinski definition) is 3. The average molecular weight is 415 g/mol. The molecule has 8 nitrogen and oxygen atoms in total. The maximum Gasteiger partial charge on any atom is 0.273 e. The van der Waals surface area contributed by atoms with E-state index in [0.29, 0.717) is 17.4 Å². The van der Waals surface area contributed by atoms with Gasteiger partial charge in [-0.05, 0) is 65.6 Å². The SMILES string of the molecule is CN(C)CCCS(O)(O)N1[C@@H]2CC[C@H]1CC(NC(=O)c1cc(C3CC3)on1)C2.[HH]. The molecule has 3 aliphatic rings. The molecular formula is C19H34N4O4S. The van der Waals surface area contributed by atoms with Crippen molar-refractivity contribution < 1.29 is 19.8 Å². The predicted octanol–water partition coefficient (Wildman–Crippen LogP) is 3.14. The Morgan fingerprint density at radius 1 is 1.32 bits per heavy atom. The van der Waals surface area contributed by atoms with Crippen LogP contribution in [0.25, 0.3) is 0 Å². The third-order valence-electron chi connectivity index (χ3n) is 6.10. The number of piperidine rings is 1. The minimum Gasteiger partial charge on any atom is -0.360 e. The summed E-state index contributed by atoms with van der Waals surface area (Å²) >= 11 is 0. The van der Waals surface area contributed by atoms with Crippen LogP contribution in [0.1, 0.15) is 68.5 Å². The van der Waals surface area contributed by atoms with E-state index < -0.39 is 10.8 Å². The Labute approximate surface area is 169 Å². The summed E-state index contributed by atoms with van der Waals surface area (Å²) in [5.74, 6) is 1.47. The lowest BCUT2D eigenvalue weighted by Gasteiger charge is -2.50. The Morgan fingerprint density at radius 2 is 2.00 bits per heavy atom. The number of amides is 1. The summed E-state index contributed by atoms with van der Waals surface area (Å²) < 4.78 is 28.8. The van der Waals surface area contributed by atoms with Gasteiger partial charge >= 0.3 is 0 Å². The van der Waals surface area contributed by atoms with Crippen molar-refractivity contribution >= 4 is 16.7 Å². The molecule has 3 N–H and O–H groups in total. The van der Waals surface area contributed by atoms with Gasteiger partial charge in [0.05, 0.1) is 5.75 Å². The fraction of sp³-hybridized carbons (Fsp3) is 0.789. The molecule has 2 bridgehead atoms. The van der Waals surface area contributed by atoms with E-state index in [-0.39, 0.29) is 25.5 Å². The number of carbonyl (C=O) groups is 1. The van der Waals surface area contributed by atoms with E-state index in [1.54, 1.807) is 6.07 Å². The zero-order chi connectivity index (χ0) is 19.9. The summed E-state index contributed by atoms with van der Waals surface area (Å²) in [5, 5.41) is 7.01. The minimum atomic E-state index is -2.75. The van der Waals surface area contributed by atoms with E-state index in [1.807, 2.05) is 18.4 Å². The predicted molar refractivity (Wildman–Crippen MR) is 111 cm³/mol. The summed E-state index contributed by atoms with van der Waals surface area (Å²) in [4.78, 5) is 14.6. The van der Waals surface area contributed by atoms with Crippen LogP contribution in [0.15, 0.2) is 10.6 Å². The first-order valence-corrected chi connectivity index (χ1v) is 12.0. The van der Waals surface area contributed by atoms with Crippen molar-refractivity contribution in [1.29, 1.82) is 0 Å². The quantitative estimate of drug-likeness (QED) is 0.600. The van der Waals surface area contributed by atoms with Gasteiger partial charge in [-0.15, -0.1) is 10.8 Å². The Balaban J connectivity index is 0.00000240. The smallest absolute Gasteiger partial charge is 0.273 e. The van der Waals surface area contributed by atoms with Crippen molar-refractivity contribution in [2.75, 3.05) is 26.4 Å². The van der Waals surface area contributed by atoms with Crippen LogP contribution in [0.3, 0.4) is 0 Å². The molecule has 1 saturated carbocycles. The van der Waals surface area contributed by atoms with Gasteiger partial charge in [0.1, 0.15) is 5.76 Å². The van der Waals surface area contributed by atoms with Crippen molar-refractivity contribution in [2.24, 2.45) is 0 Å². The van der Waals surface area contributed by atoms with E-state index >= 15 is 0 Å². The van der Waals surface area contributed by atoms with Crippen LogP contribution in [0.5, 0.6) is 0 Å². The molecule has 1 unspecified atom stereocenters. The summed E-state index contributed by atoms with van der Waals surface area (Å²) in [5.41, 5.74) is 0.352. The summed E-state index contributed by atoms with van der Waals surface area (Å²) in [6.45, 7) is 0.846. The number of carbonyl (C=O) groups excluding carboxylic acids is 1. The van der Waals surface area contributed by atoms with Gasteiger partial charge in [0, 0.05) is 31.5 Å². The first-order chi connectivity index (χ1) is 13.3. The molecule has 2 saturated heterocycles. The summed E-state index contributed by atoms with van der Waals surface area (Å²) in [6.07, 6.45) is 6.39. The first kappa shape index (κ1) is 20.2. The highest BCUT2D eigenvalue weighted by Crippen LogP contribution is 2.54. The van der Waals surface area contributed by atoms with Crippen LogP contribution in [0, 0.1) is 0 Å². The Kier molecular flexibility index (Phi) is 5.72. The monoisotopic (exact) mass is 414 g/mol. The van der Waals surface area contributed by atoms with Crippen LogP contribution in [-0.4, -0.2) is 73.9 Å². The van der Waals surface area contributed by atoms with Gasteiger partial charge in [0.25, 0.3) is 5.91 Å². The van der Waals surface area contributed by atoms with Crippen molar-refractivity contribution in [3.63, 3.8) is 0 Å². The molecule has 4 rings (SSSR count). The molecule has 0 spiro atoms. The van der Waals surface area contributed by atoms with Gasteiger partial charge in [-0.25, -0.2) is 4.31 Å². The van der Waals surface area contributed by atoms with Crippen LogP contribution in [0.2, 0.25) is 0 Å². The van der Waals surface area contributed by atoms with Gasteiger partial charge in [0.2, 0.25) is 0 Å². The molecule has 3 fully saturated rings. The largest absolute Gasteiger partial charge is 0.360 e. The van der Waals surface area contributed by atoms with E-state index in [0.717, 1.165) is 57.3 Å². The normalized spacial score (nSPS) is 28.7. The second-order valence-corrected chi connectivity index (χ2v) is 10.9. The summed E-state index contributed by atoms with van der Waals surface area (Å²) in [6, 6.07) is 2.04. The molecule has 1 aromatic rings. The van der Waals surface area contributed by atoms with E-state index in [1.165, 1.54) is 0 Å². The van der Waals surface area contributed by atoms with Crippen LogP contribution >= 0.6 is 10.8 Å². The molecule has 9 heteroatoms. The molecule has 3 heterocycles. The number of nitrogens with one attached hydrogen (secondary N) is 1. The Hall–Kier alpha value is -1.13. The van der Waals surface area contributed by atoms with Gasteiger partial charge in [-0.2, -0.15) is 0 Å². The number of rotatable bonds is 8. The second kappa shape index (κ2) is 7.95. The van der Waals surface area contributed by atoms with Gasteiger partial charge < -0.3 is 14.7 Å². The molecule has 3 atom stereocenters. The highest BCUT2D eigenvalue weighted by Gasteiger charge is 2.46. The molecule has 0 radical (unpaired) electrons. The fourth-order valence-corrected chi connectivity index (χ4v) is 6.69. The number of fused-ring (bicyclic) bond motifs is 2. The number of aromatic nitrogens is 1. The standard InChI is InChI=1S/C19H32N4O4S.H2/c1-22(2)8-3-9-28(25,26)23-15-6-7-16(23)11-14(10-15)20-19(24)17-12-18(27-21-17)13-4-5-13;/h12-16,25-26H,3-11H2,1-2H3,(H,20,24);1H/t14?,15-,16+;. The second-order valence-electron chi connectivity index (χ2n) is 8.77. The highest BCUT2D eigenvalue weighted by molar-refractivity contribution is 8.22. The summed E-state index contributed by atoms with van der Waals surface area (Å²) in [7, 11) is 1.23. The topological polar surface area (TPSA) is 102 Å². The number of nitrogens with zero attached hydrogens (tertiary/aromatic N) is 3. The molecule has 2 aliphatic heterocycles. The van der Waals surface area contributed by atoms with E-state index in [2.05, 4.69) is 15.4 Å². The van der Waals surface area contributed by atoms with Crippen molar-refractivity contribution in [1.82, 2.24) is 19.7 Å². The molecule has 160 valence electrons. The Morgan fingerprint density at radius 3 is 2.61 bits per heavy atom. The van der Waals surface area contributed by atoms with E-state index in [4.69, 9.17) is 4.52 Å². The van der Waals surface area contributed by atoms with Crippen LogP contribution in [-0.2, 0) is 0 Å². The molecular weight excluding hydrogens is 380 g/mol. The fourth-order valence-electron chi connectivity index (χ4n) is 4.63. The van der Waals surface area contributed by atoms with Crippen molar-refractivity contribution in [3.8, 4) is 0 Å². The Bertz CT molecular complexity index is 698. The van der Waals surface area contributed by atoms with Crippen molar-refractivity contribution in [2.45, 2.75) is 69.0 Å². The lowest BCUT2D eigenvalue weighted by atomic mass is 9.99. The minimum absolute atomic E-state index is 0. The molecule has 1 aliphatic carbocycles. The van der Waals surface area contributed by atoms with Gasteiger partial charge in [0.15, 0.2) is 5.69 Å². The lowest BCUT2D eigenvalue weighted by molar-refractivity contribution is 0.0897. The molecule has 1 aromatic heterocycles. The zero-order valence-corrected chi connectivity index (χ0v) is 17.5. The maximum atomic E-state index is 12.5. The van der Waals surface area contributed by atoms with Crippen molar-refractivity contribution in [3.05, 3.63) is 17.5 Å². The average Bonchev–Trinajstić information content (AvgIpc) is 3.27. The lowest BCUT2D eigenvalue weighted by Crippen LogP contribution is -2.51. The third kappa shape index (κ3) is 4.38. The molecule has 28 heavy (non-hydrogen) atoms. The maximum absolute atomic E-state index is 12.5. The molecule has 1 amide bonds. The van der Waals surface area contributed by atoms with Crippen LogP contribution < -0.4 is 5.32 Å². The third-order valence-corrected chi connectivity index (χ3v) is 8.21. The zero-order valence-electron chi connectivity index (χ0n) is 16.7. The van der Waals surface area contributed by atoms with Crippen LogP contribution in [0.4, 0.5) is 0 Å². The highest BCUT2D eigenvalue weighted by atomic mass is 32.3. The molecule has 0 aromatic carbocycles. The van der Waals surface area contributed by atoms with E-state index in [9.17, 15) is 13.9 Å². The van der Waals surface area contributed by atoms with Gasteiger partial charge in [-0.3, -0.25) is 13.9 Å². The first-order valence-electron chi connectivity index (χ1n) is 10.3. The van der Waals surface area contributed by atoms with Gasteiger partial charge in [-0.1, -0.05) is 5.16 Å². The number of hydrogen-bond acceptors (Lipinski definition) is 7.